The van der Waals surface area contributed by atoms with Gasteiger partial charge in [0.15, 0.2) is 11.5 Å². The normalized spacial score (nSPS) is 11.3. The Labute approximate surface area is 191 Å². The molecule has 0 aliphatic carbocycles. The van der Waals surface area contributed by atoms with Gasteiger partial charge in [0.2, 0.25) is 0 Å². The summed E-state index contributed by atoms with van der Waals surface area (Å²) in [6.45, 7) is 1.43. The molecule has 3 aromatic rings. The van der Waals surface area contributed by atoms with Crippen molar-refractivity contribution in [2.24, 2.45) is 5.10 Å². The van der Waals surface area contributed by atoms with Crippen LogP contribution in [0.1, 0.15) is 10.4 Å². The zero-order valence-corrected chi connectivity index (χ0v) is 19.4. The standard InChI is InChI=1S/C22H23N3O5S2/c1-16-6-8-17(9-7-16)25(15-22(26)24-23-14-18-5-4-12-31-18)32(27,28)19-10-11-20(29-2)21(13-19)30-3/h4-14H,15H2,1-3H3,(H,24,26). The molecule has 0 bridgehead atoms. The van der Waals surface area contributed by atoms with Crippen LogP contribution in [0.3, 0.4) is 0 Å². The number of ether oxygens (including phenoxy) is 2. The zero-order valence-electron chi connectivity index (χ0n) is 17.8. The Bertz CT molecular complexity index is 1190. The zero-order chi connectivity index (χ0) is 23.1. The lowest BCUT2D eigenvalue weighted by Gasteiger charge is -2.24. The van der Waals surface area contributed by atoms with Crippen LogP contribution < -0.4 is 19.2 Å². The highest BCUT2D eigenvalue weighted by atomic mass is 32.2. The van der Waals surface area contributed by atoms with Crippen molar-refractivity contribution < 1.29 is 22.7 Å². The number of benzene rings is 2. The first-order valence-corrected chi connectivity index (χ1v) is 11.8. The van der Waals surface area contributed by atoms with Gasteiger partial charge in [0, 0.05) is 10.9 Å². The molecule has 0 aliphatic heterocycles. The molecule has 1 N–H and O–H groups in total. The number of carbonyl (C=O) groups is 1. The van der Waals surface area contributed by atoms with Gasteiger partial charge in [-0.05, 0) is 42.6 Å². The molecule has 8 nitrogen and oxygen atoms in total. The Morgan fingerprint density at radius 2 is 1.81 bits per heavy atom. The van der Waals surface area contributed by atoms with Crippen LogP contribution in [0, 0.1) is 6.92 Å². The van der Waals surface area contributed by atoms with E-state index in [9.17, 15) is 13.2 Å². The molecule has 0 unspecified atom stereocenters. The number of carbonyl (C=O) groups excluding carboxylic acids is 1. The van der Waals surface area contributed by atoms with Crippen molar-refractivity contribution in [2.45, 2.75) is 11.8 Å². The predicted octanol–water partition coefficient (Wildman–Crippen LogP) is 3.42. The molecular weight excluding hydrogens is 450 g/mol. The van der Waals surface area contributed by atoms with E-state index in [2.05, 4.69) is 10.5 Å². The number of sulfonamides is 1. The molecule has 10 heteroatoms. The number of nitrogens with zero attached hydrogens (tertiary/aromatic N) is 2. The molecule has 2 aromatic carbocycles. The number of hydrazone groups is 1. The summed E-state index contributed by atoms with van der Waals surface area (Å²) in [5.41, 5.74) is 3.69. The third kappa shape index (κ3) is 5.45. The van der Waals surface area contributed by atoms with Gasteiger partial charge in [-0.2, -0.15) is 5.10 Å². The number of thiophene rings is 1. The van der Waals surface area contributed by atoms with E-state index in [0.717, 1.165) is 14.7 Å². The van der Waals surface area contributed by atoms with Crippen molar-refractivity contribution in [3.05, 3.63) is 70.4 Å². The second kappa shape index (κ2) is 10.3. The summed E-state index contributed by atoms with van der Waals surface area (Å²) in [6, 6.07) is 14.8. The summed E-state index contributed by atoms with van der Waals surface area (Å²) in [6.07, 6.45) is 1.50. The fraction of sp³-hybridized carbons (Fsp3) is 0.182. The van der Waals surface area contributed by atoms with E-state index in [1.807, 2.05) is 24.4 Å². The van der Waals surface area contributed by atoms with Gasteiger partial charge in [0.1, 0.15) is 6.54 Å². The van der Waals surface area contributed by atoms with Crippen LogP contribution in [-0.2, 0) is 14.8 Å². The summed E-state index contributed by atoms with van der Waals surface area (Å²) in [7, 11) is -1.22. The van der Waals surface area contributed by atoms with Crippen LogP contribution in [0.2, 0.25) is 0 Å². The monoisotopic (exact) mass is 473 g/mol. The van der Waals surface area contributed by atoms with E-state index in [0.29, 0.717) is 11.4 Å². The molecule has 168 valence electrons. The maximum Gasteiger partial charge on any atom is 0.264 e. The Kier molecular flexibility index (Phi) is 7.49. The number of anilines is 1. The van der Waals surface area contributed by atoms with Gasteiger partial charge in [0.25, 0.3) is 15.9 Å². The highest BCUT2D eigenvalue weighted by Crippen LogP contribution is 2.32. The molecule has 32 heavy (non-hydrogen) atoms. The number of hydrogen-bond donors (Lipinski definition) is 1. The molecule has 1 heterocycles. The Hall–Kier alpha value is -3.37. The van der Waals surface area contributed by atoms with Crippen LogP contribution in [-0.4, -0.2) is 41.3 Å². The molecular formula is C22H23N3O5S2. The van der Waals surface area contributed by atoms with Crippen molar-refractivity contribution in [1.29, 1.82) is 0 Å². The second-order valence-electron chi connectivity index (χ2n) is 6.67. The first kappa shape index (κ1) is 23.3. The van der Waals surface area contributed by atoms with Crippen molar-refractivity contribution in [1.82, 2.24) is 5.43 Å². The third-order valence-electron chi connectivity index (χ3n) is 4.48. The fourth-order valence-electron chi connectivity index (χ4n) is 2.83. The van der Waals surface area contributed by atoms with Crippen molar-refractivity contribution in [2.75, 3.05) is 25.1 Å². The molecule has 0 saturated carbocycles. The van der Waals surface area contributed by atoms with Gasteiger partial charge in [-0.3, -0.25) is 9.10 Å². The van der Waals surface area contributed by atoms with Crippen LogP contribution in [0.4, 0.5) is 5.69 Å². The molecule has 1 aromatic heterocycles. The predicted molar refractivity (Wildman–Crippen MR) is 125 cm³/mol. The molecule has 0 saturated heterocycles. The number of aryl methyl sites for hydroxylation is 1. The Morgan fingerprint density at radius 1 is 1.09 bits per heavy atom. The lowest BCUT2D eigenvalue weighted by atomic mass is 10.2. The number of amides is 1. The molecule has 0 radical (unpaired) electrons. The average molecular weight is 474 g/mol. The fourth-order valence-corrected chi connectivity index (χ4v) is 4.85. The van der Waals surface area contributed by atoms with E-state index in [1.54, 1.807) is 24.3 Å². The first-order chi connectivity index (χ1) is 15.3. The van der Waals surface area contributed by atoms with Gasteiger partial charge < -0.3 is 9.47 Å². The van der Waals surface area contributed by atoms with Gasteiger partial charge in [0.05, 0.1) is 31.0 Å². The molecule has 0 fully saturated rings. The second-order valence-corrected chi connectivity index (χ2v) is 9.51. The van der Waals surface area contributed by atoms with Crippen molar-refractivity contribution in [3.8, 4) is 11.5 Å². The maximum absolute atomic E-state index is 13.5. The highest BCUT2D eigenvalue weighted by molar-refractivity contribution is 7.92. The molecule has 0 spiro atoms. The van der Waals surface area contributed by atoms with Crippen LogP contribution in [0.15, 0.2) is 70.0 Å². The van der Waals surface area contributed by atoms with Gasteiger partial charge in [-0.15, -0.1) is 11.3 Å². The summed E-state index contributed by atoms with van der Waals surface area (Å²) >= 11 is 1.47. The maximum atomic E-state index is 13.5. The third-order valence-corrected chi connectivity index (χ3v) is 7.05. The Morgan fingerprint density at radius 3 is 2.44 bits per heavy atom. The van der Waals surface area contributed by atoms with Gasteiger partial charge in [-0.25, -0.2) is 13.8 Å². The Balaban J connectivity index is 1.91. The lowest BCUT2D eigenvalue weighted by molar-refractivity contribution is -0.119. The molecule has 0 aliphatic rings. The summed E-state index contributed by atoms with van der Waals surface area (Å²) in [4.78, 5) is 13.4. The average Bonchev–Trinajstić information content (AvgIpc) is 3.31. The van der Waals surface area contributed by atoms with Crippen molar-refractivity contribution in [3.63, 3.8) is 0 Å². The van der Waals surface area contributed by atoms with E-state index in [1.165, 1.54) is 50.0 Å². The molecule has 1 amide bonds. The summed E-state index contributed by atoms with van der Waals surface area (Å²) < 4.78 is 38.4. The van der Waals surface area contributed by atoms with E-state index < -0.39 is 22.5 Å². The van der Waals surface area contributed by atoms with Crippen LogP contribution >= 0.6 is 11.3 Å². The first-order valence-electron chi connectivity index (χ1n) is 9.52. The van der Waals surface area contributed by atoms with Crippen LogP contribution in [0.5, 0.6) is 11.5 Å². The van der Waals surface area contributed by atoms with Gasteiger partial charge in [-0.1, -0.05) is 23.8 Å². The van der Waals surface area contributed by atoms with Gasteiger partial charge >= 0.3 is 0 Å². The van der Waals surface area contributed by atoms with E-state index in [-0.39, 0.29) is 10.6 Å². The quantitative estimate of drug-likeness (QED) is 0.379. The van der Waals surface area contributed by atoms with Crippen LogP contribution in [0.25, 0.3) is 0 Å². The number of nitrogens with one attached hydrogen (secondary N) is 1. The minimum Gasteiger partial charge on any atom is -0.493 e. The number of hydrogen-bond acceptors (Lipinski definition) is 7. The van der Waals surface area contributed by atoms with E-state index in [4.69, 9.17) is 9.47 Å². The minimum atomic E-state index is -4.10. The lowest BCUT2D eigenvalue weighted by Crippen LogP contribution is -2.39. The largest absolute Gasteiger partial charge is 0.493 e. The number of methoxy groups -OCH3 is 2. The molecule has 3 rings (SSSR count). The SMILES string of the molecule is COc1ccc(S(=O)(=O)N(CC(=O)NN=Cc2cccs2)c2ccc(C)cc2)cc1OC. The summed E-state index contributed by atoms with van der Waals surface area (Å²) in [5, 5.41) is 5.79. The topological polar surface area (TPSA) is 97.3 Å². The van der Waals surface area contributed by atoms with Crippen molar-refractivity contribution >= 4 is 39.2 Å². The summed E-state index contributed by atoms with van der Waals surface area (Å²) in [5.74, 6) is 0.0823. The smallest absolute Gasteiger partial charge is 0.264 e. The number of rotatable bonds is 9. The molecule has 0 atom stereocenters. The minimum absolute atomic E-state index is 0.0365. The highest BCUT2D eigenvalue weighted by Gasteiger charge is 2.28. The van der Waals surface area contributed by atoms with E-state index >= 15 is 0 Å².